The highest BCUT2D eigenvalue weighted by atomic mass is 16.2. The van der Waals surface area contributed by atoms with Gasteiger partial charge in [-0.2, -0.15) is 0 Å². The number of carbonyl (C=O) groups excluding carboxylic acids is 1. The molecule has 1 aliphatic rings. The minimum Gasteiger partial charge on any atom is -0.336 e. The van der Waals surface area contributed by atoms with Crippen molar-refractivity contribution in [1.82, 2.24) is 14.8 Å². The zero-order valence-electron chi connectivity index (χ0n) is 15.9. The molecule has 0 unspecified atom stereocenters. The molecule has 0 bridgehead atoms. The molecule has 28 heavy (non-hydrogen) atoms. The highest BCUT2D eigenvalue weighted by molar-refractivity contribution is 6.06. The maximum absolute atomic E-state index is 13.0. The molecule has 5 nitrogen and oxygen atoms in total. The van der Waals surface area contributed by atoms with Gasteiger partial charge >= 0.3 is 0 Å². The molecule has 1 amide bonds. The molecule has 1 aliphatic heterocycles. The number of nitrogens with one attached hydrogen (secondary N) is 1. The van der Waals surface area contributed by atoms with Gasteiger partial charge in [0, 0.05) is 48.7 Å². The normalized spacial score (nSPS) is 15.1. The third-order valence-corrected chi connectivity index (χ3v) is 5.44. The molecule has 144 valence electrons. The summed E-state index contributed by atoms with van der Waals surface area (Å²) in [6.07, 6.45) is 2.23. The van der Waals surface area contributed by atoms with E-state index in [4.69, 9.17) is 0 Å². The number of aromatic nitrogens is 1. The summed E-state index contributed by atoms with van der Waals surface area (Å²) in [6.45, 7) is 4.35. The van der Waals surface area contributed by atoms with E-state index in [0.717, 1.165) is 51.0 Å². The second-order valence-corrected chi connectivity index (χ2v) is 7.31. The molecule has 1 aromatic heterocycles. The summed E-state index contributed by atoms with van der Waals surface area (Å²) in [4.78, 5) is 31.7. The van der Waals surface area contributed by atoms with E-state index in [1.54, 1.807) is 6.07 Å². The molecule has 1 N–H and O–H groups in total. The standard InChI is InChI=1S/C23H25N3O2/c27-22-12-11-19-20(9-4-10-21(19)24-22)23(28)26-16-14-25(15-17-26)13-5-8-18-6-2-1-3-7-18/h1-4,6-7,9-12H,5,8,13-17H2,(H,24,27). The number of aryl methyl sites for hydroxylation is 1. The quantitative estimate of drug-likeness (QED) is 0.746. The van der Waals surface area contributed by atoms with Gasteiger partial charge in [-0.15, -0.1) is 0 Å². The van der Waals surface area contributed by atoms with Crippen molar-refractivity contribution in [2.75, 3.05) is 32.7 Å². The molecule has 4 rings (SSSR count). The highest BCUT2D eigenvalue weighted by Crippen LogP contribution is 2.18. The van der Waals surface area contributed by atoms with Crippen molar-refractivity contribution < 1.29 is 4.79 Å². The molecule has 0 saturated carbocycles. The van der Waals surface area contributed by atoms with E-state index in [9.17, 15) is 9.59 Å². The molecule has 3 aromatic rings. The van der Waals surface area contributed by atoms with Crippen molar-refractivity contribution in [3.63, 3.8) is 0 Å². The molecule has 1 saturated heterocycles. The molecule has 5 heteroatoms. The van der Waals surface area contributed by atoms with Crippen LogP contribution in [0.15, 0.2) is 65.5 Å². The van der Waals surface area contributed by atoms with Crippen molar-refractivity contribution >= 4 is 16.8 Å². The molecule has 2 heterocycles. The summed E-state index contributed by atoms with van der Waals surface area (Å²) in [6, 6.07) is 19.3. The fourth-order valence-electron chi connectivity index (χ4n) is 3.87. The van der Waals surface area contributed by atoms with E-state index in [1.165, 1.54) is 11.6 Å². The van der Waals surface area contributed by atoms with Crippen LogP contribution >= 0.6 is 0 Å². The zero-order valence-corrected chi connectivity index (χ0v) is 15.9. The Morgan fingerprint density at radius 3 is 2.46 bits per heavy atom. The number of H-pyrrole nitrogens is 1. The van der Waals surface area contributed by atoms with Crippen molar-refractivity contribution in [2.24, 2.45) is 0 Å². The maximum atomic E-state index is 13.0. The Bertz CT molecular complexity index is 1010. The average molecular weight is 375 g/mol. The first kappa shape index (κ1) is 18.4. The average Bonchev–Trinajstić information content (AvgIpc) is 2.74. The third-order valence-electron chi connectivity index (χ3n) is 5.44. The number of hydrogen-bond acceptors (Lipinski definition) is 3. The van der Waals surface area contributed by atoms with Gasteiger partial charge in [-0.05, 0) is 43.1 Å². The number of hydrogen-bond donors (Lipinski definition) is 1. The summed E-state index contributed by atoms with van der Waals surface area (Å²) in [5, 5.41) is 0.803. The van der Waals surface area contributed by atoms with Crippen LogP contribution in [0.25, 0.3) is 10.9 Å². The Labute approximate surface area is 164 Å². The smallest absolute Gasteiger partial charge is 0.254 e. The summed E-state index contributed by atoms with van der Waals surface area (Å²) in [5.74, 6) is 0.0431. The molecule has 0 atom stereocenters. The summed E-state index contributed by atoms with van der Waals surface area (Å²) < 4.78 is 0. The third kappa shape index (κ3) is 4.15. The molecule has 1 fully saturated rings. The Morgan fingerprint density at radius 1 is 0.893 bits per heavy atom. The summed E-state index contributed by atoms with van der Waals surface area (Å²) in [5.41, 5.74) is 2.59. The zero-order chi connectivity index (χ0) is 19.3. The molecule has 0 spiro atoms. The first-order chi connectivity index (χ1) is 13.7. The Hall–Kier alpha value is -2.92. The number of nitrogens with zero attached hydrogens (tertiary/aromatic N) is 2. The second kappa shape index (κ2) is 8.40. The maximum Gasteiger partial charge on any atom is 0.254 e. The van der Waals surface area contributed by atoms with Gasteiger partial charge in [-0.1, -0.05) is 36.4 Å². The van der Waals surface area contributed by atoms with Crippen LogP contribution in [0.2, 0.25) is 0 Å². The number of pyridine rings is 1. The number of fused-ring (bicyclic) bond motifs is 1. The molecule has 0 radical (unpaired) electrons. The van der Waals surface area contributed by atoms with Gasteiger partial charge in [-0.3, -0.25) is 14.5 Å². The number of amides is 1. The number of rotatable bonds is 5. The number of piperazine rings is 1. The van der Waals surface area contributed by atoms with Crippen molar-refractivity contribution in [1.29, 1.82) is 0 Å². The highest BCUT2D eigenvalue weighted by Gasteiger charge is 2.23. The predicted molar refractivity (Wildman–Crippen MR) is 112 cm³/mol. The van der Waals surface area contributed by atoms with Crippen LogP contribution in [0.3, 0.4) is 0 Å². The first-order valence-corrected chi connectivity index (χ1v) is 9.88. The lowest BCUT2D eigenvalue weighted by molar-refractivity contribution is 0.0638. The number of aromatic amines is 1. The van der Waals surface area contributed by atoms with Crippen molar-refractivity contribution in [3.05, 3.63) is 82.1 Å². The fourth-order valence-corrected chi connectivity index (χ4v) is 3.87. The van der Waals surface area contributed by atoms with Crippen LogP contribution in [0, 0.1) is 0 Å². The van der Waals surface area contributed by atoms with Crippen LogP contribution in [0.5, 0.6) is 0 Å². The Balaban J connectivity index is 1.34. The van der Waals surface area contributed by atoms with Crippen LogP contribution in [0.4, 0.5) is 0 Å². The Kier molecular flexibility index (Phi) is 5.53. The minimum absolute atomic E-state index is 0.0431. The summed E-state index contributed by atoms with van der Waals surface area (Å²) in [7, 11) is 0. The van der Waals surface area contributed by atoms with Gasteiger partial charge < -0.3 is 9.88 Å². The number of carbonyl (C=O) groups is 1. The molecular weight excluding hydrogens is 350 g/mol. The first-order valence-electron chi connectivity index (χ1n) is 9.88. The van der Waals surface area contributed by atoms with Crippen LogP contribution in [-0.2, 0) is 6.42 Å². The van der Waals surface area contributed by atoms with Gasteiger partial charge in [0.1, 0.15) is 0 Å². The van der Waals surface area contributed by atoms with Gasteiger partial charge in [0.25, 0.3) is 5.91 Å². The lowest BCUT2D eigenvalue weighted by atomic mass is 10.1. The molecule has 0 aliphatic carbocycles. The molecule has 2 aromatic carbocycles. The van der Waals surface area contributed by atoms with Crippen molar-refractivity contribution in [2.45, 2.75) is 12.8 Å². The minimum atomic E-state index is -0.152. The van der Waals surface area contributed by atoms with Gasteiger partial charge in [-0.25, -0.2) is 0 Å². The lowest BCUT2D eigenvalue weighted by Crippen LogP contribution is -2.48. The largest absolute Gasteiger partial charge is 0.336 e. The number of benzene rings is 2. The van der Waals surface area contributed by atoms with Crippen LogP contribution in [-0.4, -0.2) is 53.4 Å². The second-order valence-electron chi connectivity index (χ2n) is 7.31. The van der Waals surface area contributed by atoms with E-state index in [1.807, 2.05) is 29.2 Å². The molecular formula is C23H25N3O2. The van der Waals surface area contributed by atoms with E-state index < -0.39 is 0 Å². The van der Waals surface area contributed by atoms with E-state index in [2.05, 4.69) is 34.1 Å². The SMILES string of the molecule is O=C(c1cccc2[nH]c(=O)ccc12)N1CCN(CCCc2ccccc2)CC1. The van der Waals surface area contributed by atoms with E-state index in [0.29, 0.717) is 11.1 Å². The van der Waals surface area contributed by atoms with Crippen LogP contribution in [0.1, 0.15) is 22.3 Å². The monoisotopic (exact) mass is 375 g/mol. The van der Waals surface area contributed by atoms with Gasteiger partial charge in [0.2, 0.25) is 5.56 Å². The summed E-state index contributed by atoms with van der Waals surface area (Å²) >= 11 is 0. The predicted octanol–water partition coefficient (Wildman–Crippen LogP) is 2.92. The lowest BCUT2D eigenvalue weighted by Gasteiger charge is -2.35. The van der Waals surface area contributed by atoms with E-state index in [-0.39, 0.29) is 11.5 Å². The Morgan fingerprint density at radius 2 is 1.68 bits per heavy atom. The van der Waals surface area contributed by atoms with E-state index >= 15 is 0 Å². The van der Waals surface area contributed by atoms with Crippen LogP contribution < -0.4 is 5.56 Å². The van der Waals surface area contributed by atoms with Gasteiger partial charge in [0.15, 0.2) is 0 Å². The van der Waals surface area contributed by atoms with Gasteiger partial charge in [0.05, 0.1) is 0 Å². The fraction of sp³-hybridized carbons (Fsp3) is 0.304. The topological polar surface area (TPSA) is 56.4 Å². The van der Waals surface area contributed by atoms with Crippen molar-refractivity contribution in [3.8, 4) is 0 Å².